The molecule has 0 aliphatic heterocycles. The van der Waals surface area contributed by atoms with Crippen LogP contribution in [0.15, 0.2) is 0 Å². The normalized spacial score (nSPS) is 11.6. The Hall–Kier alpha value is -0.380. The van der Waals surface area contributed by atoms with Gasteiger partial charge in [-0.2, -0.15) is 0 Å². The average Bonchev–Trinajstić information content (AvgIpc) is 2.28. The van der Waals surface area contributed by atoms with Crippen LogP contribution in [0.2, 0.25) is 0 Å². The highest BCUT2D eigenvalue weighted by Crippen LogP contribution is 2.08. The van der Waals surface area contributed by atoms with Crippen molar-refractivity contribution in [3.8, 4) is 0 Å². The van der Waals surface area contributed by atoms with Crippen molar-refractivity contribution in [3.05, 3.63) is 0 Å². The monoisotopic (exact) mass is 262 g/mol. The largest absolute Gasteiger partial charge is 0.300 e. The van der Waals surface area contributed by atoms with Gasteiger partial charge in [-0.15, -0.1) is 0 Å². The number of Topliss-reactive ketones (excluding diaryl/α,β-unsaturated/α-hetero) is 1. The van der Waals surface area contributed by atoms with E-state index in [-0.39, 0.29) is 17.3 Å². The van der Waals surface area contributed by atoms with Crippen LogP contribution in [0, 0.1) is 0 Å². The number of hydrogen-bond acceptors (Lipinski definition) is 3. The maximum absolute atomic E-state index is 11.5. The zero-order valence-corrected chi connectivity index (χ0v) is 12.0. The summed E-state index contributed by atoms with van der Waals surface area (Å²) in [7, 11) is -2.90. The number of hydrogen-bond donors (Lipinski definition) is 0. The van der Waals surface area contributed by atoms with E-state index in [1.165, 1.54) is 19.3 Å². The van der Waals surface area contributed by atoms with Gasteiger partial charge in [-0.25, -0.2) is 8.42 Å². The Morgan fingerprint density at radius 3 is 2.06 bits per heavy atom. The van der Waals surface area contributed by atoms with E-state index >= 15 is 0 Å². The number of rotatable bonds is 11. The Labute approximate surface area is 106 Å². The Balaban J connectivity index is 3.47. The summed E-state index contributed by atoms with van der Waals surface area (Å²) >= 11 is 0. The zero-order valence-electron chi connectivity index (χ0n) is 11.2. The summed E-state index contributed by atoms with van der Waals surface area (Å²) in [5, 5.41) is 0. The minimum Gasteiger partial charge on any atom is -0.300 e. The molecule has 0 saturated carbocycles. The third-order valence-corrected chi connectivity index (χ3v) is 4.70. The summed E-state index contributed by atoms with van der Waals surface area (Å²) in [6.45, 7) is 3.81. The van der Waals surface area contributed by atoms with Crippen molar-refractivity contribution < 1.29 is 13.2 Å². The second-order valence-electron chi connectivity index (χ2n) is 4.54. The number of unbranched alkanes of at least 4 members (excludes halogenated alkanes) is 4. The molecule has 0 unspecified atom stereocenters. The highest BCUT2D eigenvalue weighted by atomic mass is 32.2. The fourth-order valence-corrected chi connectivity index (χ4v) is 2.56. The molecule has 0 heterocycles. The fourth-order valence-electron chi connectivity index (χ4n) is 1.68. The van der Waals surface area contributed by atoms with E-state index in [0.717, 1.165) is 12.8 Å². The Bertz CT molecular complexity index is 294. The van der Waals surface area contributed by atoms with Crippen molar-refractivity contribution in [3.63, 3.8) is 0 Å². The van der Waals surface area contributed by atoms with Gasteiger partial charge < -0.3 is 0 Å². The van der Waals surface area contributed by atoms with Gasteiger partial charge in [-0.1, -0.05) is 39.5 Å². The maximum atomic E-state index is 11.5. The highest BCUT2D eigenvalue weighted by Gasteiger charge is 2.08. The SMILES string of the molecule is CCCCCCCC(=O)CCCS(=O)(=O)CC. The summed E-state index contributed by atoms with van der Waals surface area (Å²) in [4.78, 5) is 11.5. The quantitative estimate of drug-likeness (QED) is 0.537. The van der Waals surface area contributed by atoms with Gasteiger partial charge in [-0.3, -0.25) is 4.79 Å². The minimum absolute atomic E-state index is 0.158. The molecule has 0 aromatic carbocycles. The Morgan fingerprint density at radius 2 is 1.47 bits per heavy atom. The first-order chi connectivity index (χ1) is 8.02. The summed E-state index contributed by atoms with van der Waals surface area (Å²) in [5.74, 6) is 0.552. The fraction of sp³-hybridized carbons (Fsp3) is 0.923. The van der Waals surface area contributed by atoms with Crippen LogP contribution in [-0.4, -0.2) is 25.7 Å². The van der Waals surface area contributed by atoms with Gasteiger partial charge in [0.1, 0.15) is 15.6 Å². The van der Waals surface area contributed by atoms with Crippen LogP contribution in [0.1, 0.15) is 65.2 Å². The molecule has 0 N–H and O–H groups in total. The van der Waals surface area contributed by atoms with E-state index < -0.39 is 9.84 Å². The number of sulfone groups is 1. The average molecular weight is 262 g/mol. The van der Waals surface area contributed by atoms with E-state index in [2.05, 4.69) is 6.92 Å². The minimum atomic E-state index is -2.90. The predicted octanol–water partition coefficient (Wildman–Crippen LogP) is 3.13. The van der Waals surface area contributed by atoms with E-state index in [4.69, 9.17) is 0 Å². The summed E-state index contributed by atoms with van der Waals surface area (Å²) in [6.07, 6.45) is 7.26. The summed E-state index contributed by atoms with van der Waals surface area (Å²) < 4.78 is 22.4. The molecule has 0 bridgehead atoms. The number of carbonyl (C=O) groups is 1. The molecular weight excluding hydrogens is 236 g/mol. The Morgan fingerprint density at radius 1 is 0.882 bits per heavy atom. The molecule has 0 radical (unpaired) electrons. The van der Waals surface area contributed by atoms with Gasteiger partial charge in [0.05, 0.1) is 5.75 Å². The lowest BCUT2D eigenvalue weighted by molar-refractivity contribution is -0.119. The third-order valence-electron chi connectivity index (χ3n) is 2.91. The van der Waals surface area contributed by atoms with Crippen molar-refractivity contribution in [2.75, 3.05) is 11.5 Å². The molecule has 0 aliphatic rings. The molecule has 4 heteroatoms. The topological polar surface area (TPSA) is 51.2 Å². The number of ketones is 1. The van der Waals surface area contributed by atoms with Gasteiger partial charge in [0.15, 0.2) is 0 Å². The number of carbonyl (C=O) groups excluding carboxylic acids is 1. The van der Waals surface area contributed by atoms with Gasteiger partial charge in [0, 0.05) is 18.6 Å². The van der Waals surface area contributed by atoms with Crippen molar-refractivity contribution in [2.24, 2.45) is 0 Å². The Kier molecular flexibility index (Phi) is 9.41. The van der Waals surface area contributed by atoms with Crippen LogP contribution in [0.25, 0.3) is 0 Å². The van der Waals surface area contributed by atoms with E-state index in [9.17, 15) is 13.2 Å². The van der Waals surface area contributed by atoms with Gasteiger partial charge in [0.2, 0.25) is 0 Å². The maximum Gasteiger partial charge on any atom is 0.150 e. The first-order valence-corrected chi connectivity index (χ1v) is 8.56. The van der Waals surface area contributed by atoms with Crippen LogP contribution in [0.3, 0.4) is 0 Å². The molecule has 0 amide bonds. The molecule has 0 spiro atoms. The zero-order chi connectivity index (χ0) is 13.1. The van der Waals surface area contributed by atoms with Crippen molar-refractivity contribution in [1.82, 2.24) is 0 Å². The summed E-state index contributed by atoms with van der Waals surface area (Å²) in [5.41, 5.74) is 0. The molecule has 0 aliphatic carbocycles. The van der Waals surface area contributed by atoms with E-state index in [0.29, 0.717) is 19.3 Å². The van der Waals surface area contributed by atoms with E-state index in [1.54, 1.807) is 6.92 Å². The predicted molar refractivity (Wildman–Crippen MR) is 71.9 cm³/mol. The van der Waals surface area contributed by atoms with E-state index in [1.807, 2.05) is 0 Å². The molecule has 3 nitrogen and oxygen atoms in total. The highest BCUT2D eigenvalue weighted by molar-refractivity contribution is 7.91. The van der Waals surface area contributed by atoms with Crippen molar-refractivity contribution >= 4 is 15.6 Å². The third kappa shape index (κ3) is 10.5. The lowest BCUT2D eigenvalue weighted by Gasteiger charge is -2.02. The van der Waals surface area contributed by atoms with Crippen molar-refractivity contribution in [2.45, 2.75) is 65.2 Å². The molecule has 0 aromatic heterocycles. The molecule has 0 aromatic rings. The standard InChI is InChI=1S/C13H26O3S/c1-3-5-6-7-8-10-13(14)11-9-12-17(15,16)4-2/h3-12H2,1-2H3. The molecule has 0 fully saturated rings. The smallest absolute Gasteiger partial charge is 0.150 e. The van der Waals surface area contributed by atoms with Crippen LogP contribution in [0.4, 0.5) is 0 Å². The van der Waals surface area contributed by atoms with Gasteiger partial charge in [-0.05, 0) is 12.8 Å². The lowest BCUT2D eigenvalue weighted by atomic mass is 10.1. The molecule has 0 rings (SSSR count). The molecule has 0 atom stereocenters. The van der Waals surface area contributed by atoms with Gasteiger partial charge >= 0.3 is 0 Å². The lowest BCUT2D eigenvalue weighted by Crippen LogP contribution is -2.10. The second-order valence-corrected chi connectivity index (χ2v) is 7.02. The van der Waals surface area contributed by atoms with Crippen molar-refractivity contribution in [1.29, 1.82) is 0 Å². The first kappa shape index (κ1) is 16.6. The second kappa shape index (κ2) is 9.63. The van der Waals surface area contributed by atoms with Crippen LogP contribution in [-0.2, 0) is 14.6 Å². The van der Waals surface area contributed by atoms with Crippen LogP contribution < -0.4 is 0 Å². The molecule has 0 saturated heterocycles. The van der Waals surface area contributed by atoms with Crippen LogP contribution >= 0.6 is 0 Å². The van der Waals surface area contributed by atoms with Crippen LogP contribution in [0.5, 0.6) is 0 Å². The molecule has 17 heavy (non-hydrogen) atoms. The summed E-state index contributed by atoms with van der Waals surface area (Å²) in [6, 6.07) is 0. The first-order valence-electron chi connectivity index (χ1n) is 6.74. The molecule has 102 valence electrons. The van der Waals surface area contributed by atoms with Gasteiger partial charge in [0.25, 0.3) is 0 Å². The molecular formula is C13H26O3S.